The molecule has 0 saturated carbocycles. The fourth-order valence-electron chi connectivity index (χ4n) is 3.67. The van der Waals surface area contributed by atoms with Crippen LogP contribution in [0.3, 0.4) is 0 Å². The quantitative estimate of drug-likeness (QED) is 0.568. The molecule has 0 spiro atoms. The predicted molar refractivity (Wildman–Crippen MR) is 123 cm³/mol. The average Bonchev–Trinajstić information content (AvgIpc) is 3.16. The minimum Gasteiger partial charge on any atom is -0.497 e. The van der Waals surface area contributed by atoms with Gasteiger partial charge in [-0.25, -0.2) is 4.98 Å². The second kappa shape index (κ2) is 8.66. The average molecular weight is 442 g/mol. The van der Waals surface area contributed by atoms with Gasteiger partial charge in [0.15, 0.2) is 0 Å². The second-order valence-corrected chi connectivity index (χ2v) is 8.81. The smallest absolute Gasteiger partial charge is 0.265 e. The van der Waals surface area contributed by atoms with Crippen molar-refractivity contribution in [3.8, 4) is 16.3 Å². The molecule has 0 N–H and O–H groups in total. The third-order valence-corrected chi connectivity index (χ3v) is 6.84. The van der Waals surface area contributed by atoms with Gasteiger partial charge >= 0.3 is 0 Å². The molecule has 1 fully saturated rings. The van der Waals surface area contributed by atoms with Crippen molar-refractivity contribution in [2.75, 3.05) is 38.2 Å². The number of carbonyl (C=O) groups is 1. The molecule has 4 rings (SSSR count). The van der Waals surface area contributed by atoms with Crippen LogP contribution in [-0.4, -0.2) is 49.1 Å². The number of ether oxygens (including phenoxy) is 1. The van der Waals surface area contributed by atoms with Crippen LogP contribution in [0, 0.1) is 13.8 Å². The van der Waals surface area contributed by atoms with Crippen molar-refractivity contribution in [1.82, 2.24) is 9.88 Å². The van der Waals surface area contributed by atoms with Gasteiger partial charge in [0.05, 0.1) is 12.8 Å². The van der Waals surface area contributed by atoms with Crippen molar-refractivity contribution in [3.63, 3.8) is 0 Å². The zero-order chi connectivity index (χ0) is 21.3. The Morgan fingerprint density at radius 2 is 1.77 bits per heavy atom. The molecule has 156 valence electrons. The maximum Gasteiger partial charge on any atom is 0.265 e. The number of hydrogen-bond donors (Lipinski definition) is 0. The number of benzene rings is 2. The van der Waals surface area contributed by atoms with E-state index >= 15 is 0 Å². The van der Waals surface area contributed by atoms with Gasteiger partial charge in [-0.15, -0.1) is 11.3 Å². The number of nitrogens with zero attached hydrogens (tertiary/aromatic N) is 3. The van der Waals surface area contributed by atoms with Gasteiger partial charge in [0, 0.05) is 42.5 Å². The van der Waals surface area contributed by atoms with Crippen LogP contribution in [0.2, 0.25) is 5.02 Å². The summed E-state index contributed by atoms with van der Waals surface area (Å²) in [4.78, 5) is 22.7. The number of hydrogen-bond acceptors (Lipinski definition) is 5. The maximum atomic E-state index is 13.2. The SMILES string of the molecule is COc1ccc(-c2nc(C)c(C(=O)N3CCN(c4cc(Cl)ccc4C)CC3)s2)cc1. The molecule has 0 unspecified atom stereocenters. The Balaban J connectivity index is 1.46. The first-order valence-corrected chi connectivity index (χ1v) is 11.1. The highest BCUT2D eigenvalue weighted by Crippen LogP contribution is 2.31. The van der Waals surface area contributed by atoms with Gasteiger partial charge in [0.2, 0.25) is 0 Å². The monoisotopic (exact) mass is 441 g/mol. The third-order valence-electron chi connectivity index (χ3n) is 5.41. The number of methoxy groups -OCH3 is 1. The van der Waals surface area contributed by atoms with Gasteiger partial charge in [-0.3, -0.25) is 4.79 Å². The molecule has 0 atom stereocenters. The largest absolute Gasteiger partial charge is 0.497 e. The summed E-state index contributed by atoms with van der Waals surface area (Å²) >= 11 is 7.63. The van der Waals surface area contributed by atoms with Gasteiger partial charge in [-0.1, -0.05) is 17.7 Å². The van der Waals surface area contributed by atoms with Crippen molar-refractivity contribution in [2.45, 2.75) is 13.8 Å². The van der Waals surface area contributed by atoms with E-state index in [0.717, 1.165) is 45.8 Å². The summed E-state index contributed by atoms with van der Waals surface area (Å²) in [6, 6.07) is 13.7. The summed E-state index contributed by atoms with van der Waals surface area (Å²) in [5.74, 6) is 0.864. The number of carbonyl (C=O) groups excluding carboxylic acids is 1. The number of piperazine rings is 1. The van der Waals surface area contributed by atoms with Crippen LogP contribution in [0.15, 0.2) is 42.5 Å². The van der Waals surface area contributed by atoms with E-state index in [9.17, 15) is 4.79 Å². The summed E-state index contributed by atoms with van der Waals surface area (Å²) < 4.78 is 5.22. The van der Waals surface area contributed by atoms with Crippen LogP contribution in [0.25, 0.3) is 10.6 Å². The van der Waals surface area contributed by atoms with E-state index in [1.807, 2.05) is 54.3 Å². The molecular formula is C23H24ClN3O2S. The molecular weight excluding hydrogens is 418 g/mol. The van der Waals surface area contributed by atoms with Crippen molar-refractivity contribution >= 4 is 34.5 Å². The molecule has 0 radical (unpaired) electrons. The van der Waals surface area contributed by atoms with Crippen LogP contribution < -0.4 is 9.64 Å². The Morgan fingerprint density at radius 3 is 2.43 bits per heavy atom. The fourth-order valence-corrected chi connectivity index (χ4v) is 4.88. The maximum absolute atomic E-state index is 13.2. The molecule has 1 amide bonds. The summed E-state index contributed by atoms with van der Waals surface area (Å²) in [6.45, 7) is 6.93. The Hall–Kier alpha value is -2.57. The van der Waals surface area contributed by atoms with Crippen LogP contribution in [0.1, 0.15) is 20.9 Å². The summed E-state index contributed by atoms with van der Waals surface area (Å²) in [7, 11) is 1.65. The molecule has 30 heavy (non-hydrogen) atoms. The van der Waals surface area contributed by atoms with Crippen LogP contribution in [0.5, 0.6) is 5.75 Å². The molecule has 1 saturated heterocycles. The lowest BCUT2D eigenvalue weighted by molar-refractivity contribution is 0.0750. The Labute approximate surface area is 185 Å². The number of rotatable bonds is 4. The number of aromatic nitrogens is 1. The van der Waals surface area contributed by atoms with Crippen molar-refractivity contribution in [2.24, 2.45) is 0 Å². The molecule has 1 aromatic heterocycles. The fraction of sp³-hybridized carbons (Fsp3) is 0.304. The van der Waals surface area contributed by atoms with Gasteiger partial charge in [-0.05, 0) is 55.8 Å². The normalized spacial score (nSPS) is 14.1. The van der Waals surface area contributed by atoms with E-state index in [4.69, 9.17) is 16.3 Å². The summed E-state index contributed by atoms with van der Waals surface area (Å²) in [6.07, 6.45) is 0. The molecule has 2 heterocycles. The van der Waals surface area contributed by atoms with E-state index in [-0.39, 0.29) is 5.91 Å². The predicted octanol–water partition coefficient (Wildman–Crippen LogP) is 5.05. The molecule has 5 nitrogen and oxygen atoms in total. The van der Waals surface area contributed by atoms with Crippen LogP contribution >= 0.6 is 22.9 Å². The van der Waals surface area contributed by atoms with Crippen molar-refractivity contribution in [3.05, 3.63) is 63.6 Å². The zero-order valence-corrected chi connectivity index (χ0v) is 18.9. The lowest BCUT2D eigenvalue weighted by Gasteiger charge is -2.36. The molecule has 1 aliphatic heterocycles. The van der Waals surface area contributed by atoms with E-state index < -0.39 is 0 Å². The highest BCUT2D eigenvalue weighted by molar-refractivity contribution is 7.17. The second-order valence-electron chi connectivity index (χ2n) is 7.37. The zero-order valence-electron chi connectivity index (χ0n) is 17.3. The Bertz CT molecular complexity index is 1060. The highest BCUT2D eigenvalue weighted by Gasteiger charge is 2.26. The first kappa shape index (κ1) is 20.7. The topological polar surface area (TPSA) is 45.7 Å². The lowest BCUT2D eigenvalue weighted by atomic mass is 10.1. The van der Waals surface area contributed by atoms with E-state index in [1.54, 1.807) is 7.11 Å². The van der Waals surface area contributed by atoms with E-state index in [0.29, 0.717) is 18.0 Å². The number of thiazole rings is 1. The Kier molecular flexibility index (Phi) is 5.97. The summed E-state index contributed by atoms with van der Waals surface area (Å²) in [5, 5.41) is 1.59. The molecule has 0 aliphatic carbocycles. The first-order chi connectivity index (χ1) is 14.5. The van der Waals surface area contributed by atoms with E-state index in [2.05, 4.69) is 16.8 Å². The Morgan fingerprint density at radius 1 is 1.07 bits per heavy atom. The minimum absolute atomic E-state index is 0.0622. The first-order valence-electron chi connectivity index (χ1n) is 9.88. The van der Waals surface area contributed by atoms with Gasteiger partial charge in [0.25, 0.3) is 5.91 Å². The number of aryl methyl sites for hydroxylation is 2. The van der Waals surface area contributed by atoms with Gasteiger partial charge in [0.1, 0.15) is 15.6 Å². The summed E-state index contributed by atoms with van der Waals surface area (Å²) in [5.41, 5.74) is 4.11. The number of halogens is 1. The van der Waals surface area contributed by atoms with Gasteiger partial charge in [-0.2, -0.15) is 0 Å². The van der Waals surface area contributed by atoms with Crippen molar-refractivity contribution < 1.29 is 9.53 Å². The van der Waals surface area contributed by atoms with Crippen LogP contribution in [0.4, 0.5) is 5.69 Å². The van der Waals surface area contributed by atoms with Crippen molar-refractivity contribution in [1.29, 1.82) is 0 Å². The third kappa shape index (κ3) is 4.16. The van der Waals surface area contributed by atoms with E-state index in [1.165, 1.54) is 16.9 Å². The number of amides is 1. The lowest BCUT2D eigenvalue weighted by Crippen LogP contribution is -2.49. The van der Waals surface area contributed by atoms with Crippen LogP contribution in [-0.2, 0) is 0 Å². The van der Waals surface area contributed by atoms with Gasteiger partial charge < -0.3 is 14.5 Å². The molecule has 1 aliphatic rings. The molecule has 0 bridgehead atoms. The standard InChI is InChI=1S/C23H24ClN3O2S/c1-15-4-7-18(24)14-20(15)26-10-12-27(13-11-26)23(28)21-16(2)25-22(30-21)17-5-8-19(29-3)9-6-17/h4-9,14H,10-13H2,1-3H3. The highest BCUT2D eigenvalue weighted by atomic mass is 35.5. The molecule has 3 aromatic rings. The molecule has 2 aromatic carbocycles. The number of anilines is 1. The molecule has 7 heteroatoms. The minimum atomic E-state index is 0.0622.